The van der Waals surface area contributed by atoms with Crippen LogP contribution in [0.1, 0.15) is 41.5 Å². The predicted molar refractivity (Wildman–Crippen MR) is 244 cm³/mol. The van der Waals surface area contributed by atoms with E-state index in [9.17, 15) is 15.7 Å². The van der Waals surface area contributed by atoms with E-state index in [1.54, 1.807) is 0 Å². The molecule has 16 heteroatoms. The van der Waals surface area contributed by atoms with Crippen LogP contribution in [0, 0.1) is 0 Å². The smallest absolute Gasteiger partial charge is 0.261 e. The lowest BCUT2D eigenvalue weighted by Crippen LogP contribution is -2.68. The molecule has 4 aromatic rings. The van der Waals surface area contributed by atoms with Gasteiger partial charge in [0.25, 0.3) is 16.6 Å². The van der Waals surface area contributed by atoms with Gasteiger partial charge < -0.3 is 28.5 Å². The molecule has 2 fully saturated rings. The molecule has 2 heterocycles. The van der Waals surface area contributed by atoms with Crippen LogP contribution >= 0.6 is 23.2 Å². The van der Waals surface area contributed by atoms with Crippen molar-refractivity contribution in [2.75, 3.05) is 25.7 Å². The van der Waals surface area contributed by atoms with Crippen LogP contribution in [0.15, 0.2) is 132 Å². The zero-order chi connectivity index (χ0) is 43.6. The van der Waals surface area contributed by atoms with Crippen LogP contribution in [-0.2, 0) is 18.3 Å². The average molecular weight is 892 g/mol. The van der Waals surface area contributed by atoms with Crippen LogP contribution in [0.4, 0.5) is 0 Å². The van der Waals surface area contributed by atoms with Gasteiger partial charge in [0.15, 0.2) is 0 Å². The van der Waals surface area contributed by atoms with Gasteiger partial charge in [-0.15, -0.1) is 23.2 Å². The van der Waals surface area contributed by atoms with Crippen LogP contribution in [0.25, 0.3) is 20.9 Å². The van der Waals surface area contributed by atoms with Gasteiger partial charge in [-0.25, -0.2) is 0 Å². The lowest BCUT2D eigenvalue weighted by molar-refractivity contribution is -0.0332. The van der Waals surface area contributed by atoms with Crippen LogP contribution in [0.2, 0.25) is 10.1 Å². The number of aliphatic hydroxyl groups is 2. The zero-order valence-corrected chi connectivity index (χ0v) is 38.5. The van der Waals surface area contributed by atoms with Gasteiger partial charge in [-0.05, 0) is 41.9 Å². The maximum absolute atomic E-state index is 10.2. The average Bonchev–Trinajstić information content (AvgIpc) is 3.85. The summed E-state index contributed by atoms with van der Waals surface area (Å²) in [6, 6.07) is 39.7. The molecule has 2 aliphatic rings. The molecular weight excluding hydrogens is 836 g/mol. The first-order valence-electron chi connectivity index (χ1n) is 20.1. The van der Waals surface area contributed by atoms with Crippen molar-refractivity contribution in [1.29, 1.82) is 0 Å². The fourth-order valence-corrected chi connectivity index (χ4v) is 18.3. The molecule has 2 saturated heterocycles. The Morgan fingerprint density at radius 2 is 0.967 bits per heavy atom. The van der Waals surface area contributed by atoms with Crippen molar-refractivity contribution in [3.63, 3.8) is 0 Å². The second kappa shape index (κ2) is 20.9. The summed E-state index contributed by atoms with van der Waals surface area (Å²) in [6.07, 6.45) is -3.40. The number of ether oxygens (including phenoxy) is 2. The highest BCUT2D eigenvalue weighted by Crippen LogP contribution is 2.41. The third-order valence-corrected chi connectivity index (χ3v) is 22.3. The molecule has 2 aliphatic heterocycles. The molecule has 0 amide bonds. The Bertz CT molecular complexity index is 1810. The zero-order valence-electron chi connectivity index (χ0n) is 35.0. The van der Waals surface area contributed by atoms with Crippen molar-refractivity contribution in [2.45, 2.75) is 99.6 Å². The first-order valence-corrected chi connectivity index (χ1v) is 24.9. The SMILES string of the molecule is CC(C)(C)[Si](O[C@H]1CO[C@H]([C@@H](O)CO)[C@@H]1N=[N+]=[N-])(c1ccccc1)c1ccccc1.CC(C)(C)[Si](O[C@H]1CO[C@H]([C@H](Cl)CCl)[C@@H]1N=[N+]=[N-])(c1ccccc1)c1ccccc1. The second-order valence-corrected chi connectivity index (χ2v) is 26.4. The summed E-state index contributed by atoms with van der Waals surface area (Å²) in [4.78, 5) is 6.01. The number of azide groups is 2. The normalized spacial score (nSPS) is 23.0. The van der Waals surface area contributed by atoms with E-state index in [2.05, 4.69) is 110 Å². The lowest BCUT2D eigenvalue weighted by atomic mass is 10.1. The Hall–Kier alpha value is -3.73. The molecule has 0 bridgehead atoms. The number of alkyl halides is 2. The summed E-state index contributed by atoms with van der Waals surface area (Å²) in [5.74, 6) is 0.204. The van der Waals surface area contributed by atoms with Crippen molar-refractivity contribution >= 4 is 60.6 Å². The predicted octanol–water partition coefficient (Wildman–Crippen LogP) is 7.22. The highest BCUT2D eigenvalue weighted by Gasteiger charge is 2.56. The highest BCUT2D eigenvalue weighted by atomic mass is 35.5. The Balaban J connectivity index is 0.000000228. The van der Waals surface area contributed by atoms with Gasteiger partial charge in [-0.2, -0.15) is 0 Å². The number of benzene rings is 4. The van der Waals surface area contributed by atoms with E-state index in [0.717, 1.165) is 20.7 Å². The summed E-state index contributed by atoms with van der Waals surface area (Å²) in [6.45, 7) is 13.1. The summed E-state index contributed by atoms with van der Waals surface area (Å²) in [5, 5.41) is 31.1. The van der Waals surface area contributed by atoms with Crippen LogP contribution in [0.3, 0.4) is 0 Å². The van der Waals surface area contributed by atoms with Crippen molar-refractivity contribution in [2.24, 2.45) is 10.2 Å². The molecule has 0 radical (unpaired) electrons. The number of hydrogen-bond acceptors (Lipinski definition) is 8. The lowest BCUT2D eigenvalue weighted by Gasteiger charge is -2.45. The van der Waals surface area contributed by atoms with E-state index in [-0.39, 0.29) is 22.6 Å². The monoisotopic (exact) mass is 890 g/mol. The minimum atomic E-state index is -2.87. The van der Waals surface area contributed by atoms with E-state index >= 15 is 0 Å². The van der Waals surface area contributed by atoms with E-state index in [0.29, 0.717) is 6.61 Å². The van der Waals surface area contributed by atoms with Gasteiger partial charge in [0, 0.05) is 15.7 Å². The summed E-state index contributed by atoms with van der Waals surface area (Å²) in [5.41, 5.74) is 18.3. The first-order chi connectivity index (χ1) is 28.7. The minimum absolute atomic E-state index is 0.176. The van der Waals surface area contributed by atoms with Crippen molar-refractivity contribution in [3.8, 4) is 0 Å². The molecule has 8 atom stereocenters. The Labute approximate surface area is 365 Å². The molecule has 2 N–H and O–H groups in total. The van der Waals surface area contributed by atoms with Crippen molar-refractivity contribution < 1.29 is 28.5 Å². The van der Waals surface area contributed by atoms with Crippen LogP contribution in [-0.4, -0.2) is 101 Å². The minimum Gasteiger partial charge on any atom is -0.402 e. The van der Waals surface area contributed by atoms with Gasteiger partial charge in [-0.3, -0.25) is 0 Å². The van der Waals surface area contributed by atoms with E-state index < -0.39 is 71.2 Å². The molecular formula is C44H56Cl2N6O6Si2. The molecule has 0 unspecified atom stereocenters. The van der Waals surface area contributed by atoms with E-state index in [1.165, 1.54) is 0 Å². The molecule has 4 aromatic carbocycles. The maximum Gasteiger partial charge on any atom is 0.261 e. The third-order valence-electron chi connectivity index (χ3n) is 11.3. The van der Waals surface area contributed by atoms with E-state index in [1.807, 2.05) is 72.8 Å². The van der Waals surface area contributed by atoms with Gasteiger partial charge in [-0.1, -0.05) is 173 Å². The first kappa shape index (κ1) is 47.3. The van der Waals surface area contributed by atoms with Gasteiger partial charge in [0.05, 0.1) is 61.7 Å². The third kappa shape index (κ3) is 9.97. The standard InChI is InChI=1S/C22H27Cl2N3O2Si.C22H29N3O4Si/c1-22(2,3)30(16-10-6-4-7-11-16,17-12-8-5-9-13-17)29-19-15-28-21(18(24)14-23)20(19)26-27-25;1-22(2,3)30(16-10-6-4-7-11-16,17-12-8-5-9-13-17)29-19-15-28-21(18(27)14-26)20(19)24-25-23/h4-13,18-21H,14-15H2,1-3H3;4-13,18-21,26-27H,14-15H2,1-3H3/t18-,19+,20-,21-;18-,19-,20+,21+/m10/s1. The van der Waals surface area contributed by atoms with Crippen LogP contribution < -0.4 is 20.7 Å². The summed E-state index contributed by atoms with van der Waals surface area (Å²) < 4.78 is 25.7. The van der Waals surface area contributed by atoms with E-state index in [4.69, 9.17) is 47.1 Å². The van der Waals surface area contributed by atoms with Crippen LogP contribution in [0.5, 0.6) is 0 Å². The Kier molecular flexibility index (Phi) is 16.5. The van der Waals surface area contributed by atoms with Gasteiger partial charge in [0.1, 0.15) is 6.10 Å². The Morgan fingerprint density at radius 1 is 0.650 bits per heavy atom. The number of rotatable bonds is 14. The molecule has 0 aliphatic carbocycles. The van der Waals surface area contributed by atoms with Gasteiger partial charge >= 0.3 is 0 Å². The molecule has 6 rings (SSSR count). The molecule has 0 spiro atoms. The summed E-state index contributed by atoms with van der Waals surface area (Å²) in [7, 11) is -5.67. The maximum atomic E-state index is 10.2. The number of nitrogens with zero attached hydrogens (tertiary/aromatic N) is 6. The number of aliphatic hydroxyl groups excluding tert-OH is 2. The topological polar surface area (TPSA) is 175 Å². The largest absolute Gasteiger partial charge is 0.402 e. The van der Waals surface area contributed by atoms with Crippen molar-refractivity contribution in [1.82, 2.24) is 0 Å². The number of halogens is 2. The van der Waals surface area contributed by atoms with Gasteiger partial charge in [0.2, 0.25) is 0 Å². The fraction of sp³-hybridized carbons (Fsp3) is 0.455. The summed E-state index contributed by atoms with van der Waals surface area (Å²) >= 11 is 12.3. The number of hydrogen-bond donors (Lipinski definition) is 2. The highest BCUT2D eigenvalue weighted by molar-refractivity contribution is 7.00. The van der Waals surface area contributed by atoms with Crippen molar-refractivity contribution in [3.05, 3.63) is 142 Å². The molecule has 60 heavy (non-hydrogen) atoms. The molecule has 320 valence electrons. The second-order valence-electron chi connectivity index (χ2n) is 17.0. The molecule has 12 nitrogen and oxygen atoms in total. The molecule has 0 aromatic heterocycles. The Morgan fingerprint density at radius 3 is 1.25 bits per heavy atom. The fourth-order valence-electron chi connectivity index (χ4n) is 8.52. The quantitative estimate of drug-likeness (QED) is 0.0445. The molecule has 0 saturated carbocycles.